The van der Waals surface area contributed by atoms with Gasteiger partial charge in [-0.2, -0.15) is 0 Å². The summed E-state index contributed by atoms with van der Waals surface area (Å²) in [5.74, 6) is -0.0794. The smallest absolute Gasteiger partial charge is 0.167 e. The number of rotatable bonds is 2. The monoisotopic (exact) mass is 211 g/mol. The maximum Gasteiger partial charge on any atom is 0.167 e. The lowest BCUT2D eigenvalue weighted by Crippen LogP contribution is -2.00. The van der Waals surface area contributed by atoms with Crippen molar-refractivity contribution in [3.05, 3.63) is 30.0 Å². The topological polar surface area (TPSA) is 60.2 Å². The number of nitrogens with zero attached hydrogens (tertiary/aromatic N) is 1. The second-order valence-electron chi connectivity index (χ2n) is 3.20. The lowest BCUT2D eigenvalue weighted by Gasteiger charge is -1.92. The van der Waals surface area contributed by atoms with E-state index >= 15 is 0 Å². The molecule has 0 aliphatic rings. The summed E-state index contributed by atoms with van der Waals surface area (Å²) in [7, 11) is -3.06. The van der Waals surface area contributed by atoms with Crippen LogP contribution in [0.4, 0.5) is 0 Å². The summed E-state index contributed by atoms with van der Waals surface area (Å²) in [6, 6.07) is 7.20. The number of hydrogen-bond acceptors (Lipinski definition) is 4. The van der Waals surface area contributed by atoms with E-state index in [0.29, 0.717) is 11.3 Å². The van der Waals surface area contributed by atoms with Gasteiger partial charge in [-0.3, -0.25) is 0 Å². The van der Waals surface area contributed by atoms with E-state index in [9.17, 15) is 8.42 Å². The van der Waals surface area contributed by atoms with E-state index in [1.807, 2.05) is 12.1 Å². The average molecular weight is 211 g/mol. The molecule has 0 bridgehead atoms. The van der Waals surface area contributed by atoms with Gasteiger partial charge in [0.1, 0.15) is 5.69 Å². The zero-order chi connectivity index (χ0) is 10.2. The molecule has 0 spiro atoms. The highest BCUT2D eigenvalue weighted by Crippen LogP contribution is 2.19. The molecule has 0 saturated heterocycles. The van der Waals surface area contributed by atoms with Gasteiger partial charge >= 0.3 is 0 Å². The SMILES string of the molecule is CS(=O)(=O)Cc1noc2ccccc12. The van der Waals surface area contributed by atoms with E-state index in [-0.39, 0.29) is 5.75 Å². The third kappa shape index (κ3) is 1.77. The molecule has 0 saturated carbocycles. The Hall–Kier alpha value is -1.36. The van der Waals surface area contributed by atoms with Crippen molar-refractivity contribution in [2.45, 2.75) is 5.75 Å². The summed E-state index contributed by atoms with van der Waals surface area (Å²) in [6.07, 6.45) is 1.18. The van der Waals surface area contributed by atoms with Gasteiger partial charge in [-0.05, 0) is 12.1 Å². The van der Waals surface area contributed by atoms with Crippen molar-refractivity contribution in [2.24, 2.45) is 0 Å². The van der Waals surface area contributed by atoms with Gasteiger partial charge in [0.25, 0.3) is 0 Å². The van der Waals surface area contributed by atoms with Gasteiger partial charge in [-0.1, -0.05) is 17.3 Å². The number of hydrogen-bond donors (Lipinski definition) is 0. The van der Waals surface area contributed by atoms with Crippen LogP contribution in [0.5, 0.6) is 0 Å². The summed E-state index contributed by atoms with van der Waals surface area (Å²) in [6.45, 7) is 0. The number of para-hydroxylation sites is 1. The van der Waals surface area contributed by atoms with E-state index in [1.165, 1.54) is 6.26 Å². The second-order valence-corrected chi connectivity index (χ2v) is 5.34. The van der Waals surface area contributed by atoms with Crippen LogP contribution in [-0.4, -0.2) is 19.8 Å². The summed E-state index contributed by atoms with van der Waals surface area (Å²) in [5, 5.41) is 4.49. The van der Waals surface area contributed by atoms with Crippen LogP contribution in [0.15, 0.2) is 28.8 Å². The van der Waals surface area contributed by atoms with Crippen molar-refractivity contribution < 1.29 is 12.9 Å². The molecule has 4 nitrogen and oxygen atoms in total. The number of fused-ring (bicyclic) bond motifs is 1. The summed E-state index contributed by atoms with van der Waals surface area (Å²) in [5.41, 5.74) is 1.09. The maximum atomic E-state index is 11.1. The Bertz CT molecular complexity index is 556. The van der Waals surface area contributed by atoms with E-state index < -0.39 is 9.84 Å². The van der Waals surface area contributed by atoms with Crippen LogP contribution in [0.1, 0.15) is 5.69 Å². The molecular formula is C9H9NO3S. The Labute approximate surface area is 81.4 Å². The van der Waals surface area contributed by atoms with E-state index in [0.717, 1.165) is 5.39 Å². The van der Waals surface area contributed by atoms with Gasteiger partial charge in [0, 0.05) is 11.6 Å². The quantitative estimate of drug-likeness (QED) is 0.752. The Morgan fingerprint density at radius 1 is 1.36 bits per heavy atom. The molecule has 0 fully saturated rings. The normalized spacial score (nSPS) is 12.1. The fraction of sp³-hybridized carbons (Fsp3) is 0.222. The molecule has 0 radical (unpaired) electrons. The van der Waals surface area contributed by atoms with Gasteiger partial charge in [-0.15, -0.1) is 0 Å². The summed E-state index contributed by atoms with van der Waals surface area (Å²) < 4.78 is 27.1. The van der Waals surface area contributed by atoms with Gasteiger partial charge in [0.05, 0.1) is 5.75 Å². The second kappa shape index (κ2) is 3.09. The fourth-order valence-corrected chi connectivity index (χ4v) is 2.00. The van der Waals surface area contributed by atoms with E-state index in [1.54, 1.807) is 12.1 Å². The minimum absolute atomic E-state index is 0.0794. The molecule has 0 amide bonds. The van der Waals surface area contributed by atoms with E-state index in [4.69, 9.17) is 4.52 Å². The van der Waals surface area contributed by atoms with Crippen LogP contribution in [0.3, 0.4) is 0 Å². The molecule has 0 N–H and O–H groups in total. The number of sulfone groups is 1. The number of aromatic nitrogens is 1. The van der Waals surface area contributed by atoms with Crippen LogP contribution in [0, 0.1) is 0 Å². The van der Waals surface area contributed by atoms with Gasteiger partial charge < -0.3 is 4.52 Å². The zero-order valence-corrected chi connectivity index (χ0v) is 8.41. The molecule has 2 rings (SSSR count). The molecule has 0 aliphatic carbocycles. The highest BCUT2D eigenvalue weighted by atomic mass is 32.2. The van der Waals surface area contributed by atoms with Crippen molar-refractivity contribution in [1.82, 2.24) is 5.16 Å². The minimum atomic E-state index is -3.06. The Morgan fingerprint density at radius 3 is 2.79 bits per heavy atom. The first-order valence-corrected chi connectivity index (χ1v) is 6.13. The Kier molecular flexibility index (Phi) is 2.03. The lowest BCUT2D eigenvalue weighted by molar-refractivity contribution is 0.448. The molecule has 1 heterocycles. The molecule has 2 aromatic rings. The average Bonchev–Trinajstić information content (AvgIpc) is 2.47. The van der Waals surface area contributed by atoms with Crippen LogP contribution in [0.2, 0.25) is 0 Å². The predicted molar refractivity (Wildman–Crippen MR) is 52.6 cm³/mol. The van der Waals surface area contributed by atoms with Crippen molar-refractivity contribution in [1.29, 1.82) is 0 Å². The standard InChI is InChI=1S/C9H9NO3S/c1-14(11,12)6-8-7-4-2-3-5-9(7)13-10-8/h2-5H,6H2,1H3. The molecule has 1 aromatic heterocycles. The molecule has 14 heavy (non-hydrogen) atoms. The van der Waals surface area contributed by atoms with Crippen molar-refractivity contribution >= 4 is 20.8 Å². The first-order valence-electron chi connectivity index (χ1n) is 4.07. The summed E-state index contributed by atoms with van der Waals surface area (Å²) in [4.78, 5) is 0. The van der Waals surface area contributed by atoms with Crippen molar-refractivity contribution in [3.8, 4) is 0 Å². The highest BCUT2D eigenvalue weighted by molar-refractivity contribution is 7.89. The lowest BCUT2D eigenvalue weighted by atomic mass is 10.2. The maximum absolute atomic E-state index is 11.1. The molecule has 0 unspecified atom stereocenters. The van der Waals surface area contributed by atoms with E-state index in [2.05, 4.69) is 5.16 Å². The Morgan fingerprint density at radius 2 is 2.07 bits per heavy atom. The van der Waals surface area contributed by atoms with Crippen molar-refractivity contribution in [2.75, 3.05) is 6.26 Å². The highest BCUT2D eigenvalue weighted by Gasteiger charge is 2.12. The number of benzene rings is 1. The molecule has 5 heteroatoms. The molecule has 74 valence electrons. The van der Waals surface area contributed by atoms with Crippen molar-refractivity contribution in [3.63, 3.8) is 0 Å². The first kappa shape index (κ1) is 9.21. The van der Waals surface area contributed by atoms with Gasteiger partial charge in [0.15, 0.2) is 15.4 Å². The van der Waals surface area contributed by atoms with Gasteiger partial charge in [-0.25, -0.2) is 8.42 Å². The first-order chi connectivity index (χ1) is 6.56. The van der Waals surface area contributed by atoms with Crippen LogP contribution in [0.25, 0.3) is 11.0 Å². The third-order valence-corrected chi connectivity index (χ3v) is 2.65. The third-order valence-electron chi connectivity index (χ3n) is 1.85. The minimum Gasteiger partial charge on any atom is -0.356 e. The molecule has 1 aromatic carbocycles. The molecule has 0 atom stereocenters. The summed E-state index contributed by atoms with van der Waals surface area (Å²) >= 11 is 0. The van der Waals surface area contributed by atoms with Gasteiger partial charge in [0.2, 0.25) is 0 Å². The predicted octanol–water partition coefficient (Wildman–Crippen LogP) is 1.37. The Balaban J connectivity index is 2.54. The zero-order valence-electron chi connectivity index (χ0n) is 7.60. The molecular weight excluding hydrogens is 202 g/mol. The fourth-order valence-electron chi connectivity index (χ4n) is 1.29. The van der Waals surface area contributed by atoms with Crippen LogP contribution >= 0.6 is 0 Å². The largest absolute Gasteiger partial charge is 0.356 e. The molecule has 0 aliphatic heterocycles. The van der Waals surface area contributed by atoms with Crippen LogP contribution < -0.4 is 0 Å². The van der Waals surface area contributed by atoms with Crippen LogP contribution in [-0.2, 0) is 15.6 Å².